The molecule has 0 atom stereocenters. The summed E-state index contributed by atoms with van der Waals surface area (Å²) < 4.78 is 13.5. The summed E-state index contributed by atoms with van der Waals surface area (Å²) in [5, 5.41) is 0.843. The maximum absolute atomic E-state index is 13.1. The van der Waals surface area contributed by atoms with Gasteiger partial charge in [0.05, 0.1) is 30.5 Å². The zero-order valence-electron chi connectivity index (χ0n) is 16.2. The Hall–Kier alpha value is -2.99. The number of pyridine rings is 1. The average molecular weight is 375 g/mol. The Balaban J connectivity index is 1.73. The SMILES string of the molecule is Cc1nc2oc3c(=O)n(Cc4ccccc4)cnc3c2c2c1COC(C)(C)C2. The normalized spacial score (nSPS) is 15.8. The van der Waals surface area contributed by atoms with Gasteiger partial charge in [-0.1, -0.05) is 30.3 Å². The topological polar surface area (TPSA) is 70.2 Å². The van der Waals surface area contributed by atoms with Crippen LogP contribution in [0.15, 0.2) is 45.9 Å². The van der Waals surface area contributed by atoms with Crippen molar-refractivity contribution >= 4 is 22.2 Å². The van der Waals surface area contributed by atoms with Gasteiger partial charge in [0, 0.05) is 17.7 Å². The molecule has 5 rings (SSSR count). The van der Waals surface area contributed by atoms with E-state index in [1.807, 2.05) is 37.3 Å². The van der Waals surface area contributed by atoms with E-state index < -0.39 is 0 Å². The second-order valence-corrected chi connectivity index (χ2v) is 8.00. The maximum atomic E-state index is 13.1. The van der Waals surface area contributed by atoms with Gasteiger partial charge in [-0.05, 0) is 31.9 Å². The van der Waals surface area contributed by atoms with Crippen molar-refractivity contribution in [2.45, 2.75) is 45.9 Å². The van der Waals surface area contributed by atoms with Crippen LogP contribution >= 0.6 is 0 Å². The van der Waals surface area contributed by atoms with Gasteiger partial charge in [-0.3, -0.25) is 9.36 Å². The molecule has 142 valence electrons. The summed E-state index contributed by atoms with van der Waals surface area (Å²) in [7, 11) is 0. The maximum Gasteiger partial charge on any atom is 0.297 e. The molecule has 6 heteroatoms. The Morgan fingerprint density at radius 3 is 2.75 bits per heavy atom. The number of fused-ring (bicyclic) bond motifs is 5. The van der Waals surface area contributed by atoms with Crippen LogP contribution in [-0.2, 0) is 24.3 Å². The molecule has 3 aromatic heterocycles. The third-order valence-corrected chi connectivity index (χ3v) is 5.42. The second kappa shape index (κ2) is 6.01. The molecule has 6 nitrogen and oxygen atoms in total. The molecule has 0 aliphatic carbocycles. The van der Waals surface area contributed by atoms with Crippen LogP contribution in [0.5, 0.6) is 0 Å². The smallest absolute Gasteiger partial charge is 0.297 e. The van der Waals surface area contributed by atoms with Crippen LogP contribution in [0.2, 0.25) is 0 Å². The Labute approximate surface area is 161 Å². The minimum absolute atomic E-state index is 0.190. The number of aromatic nitrogens is 3. The van der Waals surface area contributed by atoms with Crippen molar-refractivity contribution in [2.75, 3.05) is 0 Å². The van der Waals surface area contributed by atoms with Crippen molar-refractivity contribution in [1.82, 2.24) is 14.5 Å². The first kappa shape index (κ1) is 17.1. The minimum atomic E-state index is -0.278. The predicted molar refractivity (Wildman–Crippen MR) is 106 cm³/mol. The van der Waals surface area contributed by atoms with Crippen LogP contribution in [0, 0.1) is 6.92 Å². The molecular formula is C22H21N3O3. The van der Waals surface area contributed by atoms with Gasteiger partial charge >= 0.3 is 0 Å². The first-order chi connectivity index (χ1) is 13.4. The van der Waals surface area contributed by atoms with E-state index in [2.05, 4.69) is 23.8 Å². The van der Waals surface area contributed by atoms with Crippen molar-refractivity contribution in [3.8, 4) is 0 Å². The zero-order chi connectivity index (χ0) is 19.5. The van der Waals surface area contributed by atoms with Crippen molar-refractivity contribution in [1.29, 1.82) is 0 Å². The predicted octanol–water partition coefficient (Wildman–Crippen LogP) is 3.75. The van der Waals surface area contributed by atoms with Gasteiger partial charge in [-0.2, -0.15) is 0 Å². The van der Waals surface area contributed by atoms with E-state index in [-0.39, 0.29) is 16.7 Å². The van der Waals surface area contributed by atoms with E-state index in [9.17, 15) is 4.79 Å². The lowest BCUT2D eigenvalue weighted by atomic mass is 9.89. The van der Waals surface area contributed by atoms with Gasteiger partial charge in [0.25, 0.3) is 5.56 Å². The van der Waals surface area contributed by atoms with Crippen LogP contribution < -0.4 is 5.56 Å². The lowest BCUT2D eigenvalue weighted by Gasteiger charge is -2.32. The lowest BCUT2D eigenvalue weighted by molar-refractivity contribution is -0.0400. The molecule has 0 bridgehead atoms. The standard InChI is InChI=1S/C22H21N3O3/c1-13-16-11-27-22(2,3)9-15(16)17-18-19(28-20(17)24-13)21(26)25(12-23-18)10-14-7-5-4-6-8-14/h4-8,12H,9-11H2,1-3H3. The van der Waals surface area contributed by atoms with Crippen molar-refractivity contribution in [3.05, 3.63) is 69.4 Å². The lowest BCUT2D eigenvalue weighted by Crippen LogP contribution is -2.32. The second-order valence-electron chi connectivity index (χ2n) is 8.00. The summed E-state index contributed by atoms with van der Waals surface area (Å²) >= 11 is 0. The molecule has 0 unspecified atom stereocenters. The van der Waals surface area contributed by atoms with Gasteiger partial charge in [-0.15, -0.1) is 0 Å². The highest BCUT2D eigenvalue weighted by Crippen LogP contribution is 2.37. The van der Waals surface area contributed by atoms with Gasteiger partial charge < -0.3 is 9.15 Å². The van der Waals surface area contributed by atoms with Gasteiger partial charge in [0.15, 0.2) is 0 Å². The zero-order valence-corrected chi connectivity index (χ0v) is 16.2. The molecule has 4 heterocycles. The van der Waals surface area contributed by atoms with Crippen LogP contribution in [0.1, 0.15) is 36.2 Å². The molecule has 0 amide bonds. The summed E-state index contributed by atoms with van der Waals surface area (Å²) in [5.74, 6) is 0. The molecule has 0 saturated heterocycles. The number of aryl methyl sites for hydroxylation is 1. The molecule has 1 aliphatic heterocycles. The van der Waals surface area contributed by atoms with Gasteiger partial charge in [0.2, 0.25) is 11.3 Å². The number of nitrogens with zero attached hydrogens (tertiary/aromatic N) is 3. The van der Waals surface area contributed by atoms with E-state index in [4.69, 9.17) is 9.15 Å². The highest BCUT2D eigenvalue weighted by atomic mass is 16.5. The summed E-state index contributed by atoms with van der Waals surface area (Å²) in [6.07, 6.45) is 2.33. The molecule has 0 spiro atoms. The van der Waals surface area contributed by atoms with Gasteiger partial charge in [0.1, 0.15) is 5.52 Å². The number of ether oxygens (including phenoxy) is 1. The highest BCUT2D eigenvalue weighted by molar-refractivity contribution is 6.03. The molecule has 28 heavy (non-hydrogen) atoms. The summed E-state index contributed by atoms with van der Waals surface area (Å²) in [6, 6.07) is 9.83. The third-order valence-electron chi connectivity index (χ3n) is 5.42. The molecule has 1 aliphatic rings. The molecule has 0 radical (unpaired) electrons. The quantitative estimate of drug-likeness (QED) is 0.534. The molecular weight excluding hydrogens is 354 g/mol. The van der Waals surface area contributed by atoms with Gasteiger partial charge in [-0.25, -0.2) is 9.97 Å². The van der Waals surface area contributed by atoms with Crippen LogP contribution in [0.3, 0.4) is 0 Å². The summed E-state index contributed by atoms with van der Waals surface area (Å²) in [5.41, 5.74) is 4.97. The summed E-state index contributed by atoms with van der Waals surface area (Å²) in [4.78, 5) is 22.3. The molecule has 0 fully saturated rings. The fraction of sp³-hybridized carbons (Fsp3) is 0.318. The largest absolute Gasteiger partial charge is 0.430 e. The fourth-order valence-electron chi connectivity index (χ4n) is 3.95. The van der Waals surface area contributed by atoms with Crippen molar-refractivity contribution in [3.63, 3.8) is 0 Å². The first-order valence-corrected chi connectivity index (χ1v) is 9.41. The number of rotatable bonds is 2. The third kappa shape index (κ3) is 2.64. The Bertz CT molecular complexity index is 1270. The molecule has 4 aromatic rings. The Morgan fingerprint density at radius 2 is 1.96 bits per heavy atom. The average Bonchev–Trinajstić information content (AvgIpc) is 3.03. The van der Waals surface area contributed by atoms with Crippen LogP contribution in [0.25, 0.3) is 22.2 Å². The fourth-order valence-corrected chi connectivity index (χ4v) is 3.95. The van der Waals surface area contributed by atoms with Crippen LogP contribution in [0.4, 0.5) is 0 Å². The summed E-state index contributed by atoms with van der Waals surface area (Å²) in [6.45, 7) is 7.05. The monoisotopic (exact) mass is 375 g/mol. The van der Waals surface area contributed by atoms with E-state index in [1.165, 1.54) is 0 Å². The van der Waals surface area contributed by atoms with E-state index in [0.29, 0.717) is 24.4 Å². The number of furan rings is 1. The number of hydrogen-bond donors (Lipinski definition) is 0. The molecule has 1 aromatic carbocycles. The Morgan fingerprint density at radius 1 is 1.18 bits per heavy atom. The Kier molecular flexibility index (Phi) is 3.67. The van der Waals surface area contributed by atoms with E-state index in [1.54, 1.807) is 10.9 Å². The number of hydrogen-bond acceptors (Lipinski definition) is 5. The minimum Gasteiger partial charge on any atom is -0.430 e. The highest BCUT2D eigenvalue weighted by Gasteiger charge is 2.31. The molecule has 0 saturated carbocycles. The molecule has 0 N–H and O–H groups in total. The van der Waals surface area contributed by atoms with E-state index in [0.717, 1.165) is 34.2 Å². The van der Waals surface area contributed by atoms with E-state index >= 15 is 0 Å². The number of benzene rings is 1. The van der Waals surface area contributed by atoms with Crippen LogP contribution in [-0.4, -0.2) is 20.1 Å². The first-order valence-electron chi connectivity index (χ1n) is 9.41. The van der Waals surface area contributed by atoms with Crippen molar-refractivity contribution < 1.29 is 9.15 Å². The van der Waals surface area contributed by atoms with Crippen molar-refractivity contribution in [2.24, 2.45) is 0 Å².